The molecule has 0 spiro atoms. The molecular weight excluding hydrogens is 240 g/mol. The number of methoxy groups -OCH3 is 1. The van der Waals surface area contributed by atoms with E-state index in [4.69, 9.17) is 4.74 Å². The monoisotopic (exact) mass is 254 g/mol. The summed E-state index contributed by atoms with van der Waals surface area (Å²) in [7, 11) is 3.38. The van der Waals surface area contributed by atoms with Crippen molar-refractivity contribution in [3.05, 3.63) is 46.4 Å². The number of ether oxygens (including phenoxy) is 1. The third-order valence-corrected chi connectivity index (χ3v) is 3.39. The topological polar surface area (TPSA) is 44.1 Å². The van der Waals surface area contributed by atoms with Crippen LogP contribution in [0.3, 0.4) is 0 Å². The Morgan fingerprint density at radius 1 is 1.16 bits per heavy atom. The number of rotatable bonds is 1. The Hall–Kier alpha value is -2.36. The van der Waals surface area contributed by atoms with Crippen LogP contribution in [0.2, 0.25) is 0 Å². The van der Waals surface area contributed by atoms with Crippen LogP contribution in [0.25, 0.3) is 21.8 Å². The van der Waals surface area contributed by atoms with Gasteiger partial charge in [-0.05, 0) is 31.2 Å². The lowest BCUT2D eigenvalue weighted by Crippen LogP contribution is -2.17. The third kappa shape index (κ3) is 1.68. The van der Waals surface area contributed by atoms with E-state index in [0.29, 0.717) is 5.39 Å². The van der Waals surface area contributed by atoms with Crippen molar-refractivity contribution < 1.29 is 4.74 Å². The zero-order chi connectivity index (χ0) is 13.6. The van der Waals surface area contributed by atoms with E-state index in [1.165, 1.54) is 0 Å². The molecule has 0 amide bonds. The summed E-state index contributed by atoms with van der Waals surface area (Å²) in [6, 6.07) is 9.39. The van der Waals surface area contributed by atoms with E-state index in [1.807, 2.05) is 37.3 Å². The smallest absolute Gasteiger partial charge is 0.260 e. The molecule has 0 aliphatic heterocycles. The molecule has 0 atom stereocenters. The fourth-order valence-electron chi connectivity index (χ4n) is 2.34. The van der Waals surface area contributed by atoms with Gasteiger partial charge >= 0.3 is 0 Å². The molecule has 4 heteroatoms. The highest BCUT2D eigenvalue weighted by atomic mass is 16.5. The van der Waals surface area contributed by atoms with Gasteiger partial charge in [0.25, 0.3) is 5.56 Å². The molecule has 1 aromatic carbocycles. The SMILES string of the molecule is COc1ccc2c3nc(C)ccc3c(=O)n(C)c2c1. The Labute approximate surface area is 110 Å². The average molecular weight is 254 g/mol. The van der Waals surface area contributed by atoms with E-state index in [0.717, 1.165) is 27.9 Å². The normalized spacial score (nSPS) is 11.1. The van der Waals surface area contributed by atoms with Gasteiger partial charge in [0, 0.05) is 24.2 Å². The van der Waals surface area contributed by atoms with Gasteiger partial charge in [0.2, 0.25) is 0 Å². The second-order valence-corrected chi connectivity index (χ2v) is 4.60. The minimum Gasteiger partial charge on any atom is -0.497 e. The maximum Gasteiger partial charge on any atom is 0.260 e. The highest BCUT2D eigenvalue weighted by Crippen LogP contribution is 2.24. The molecule has 2 aromatic heterocycles. The van der Waals surface area contributed by atoms with Crippen molar-refractivity contribution in [2.45, 2.75) is 6.92 Å². The lowest BCUT2D eigenvalue weighted by atomic mass is 10.1. The average Bonchev–Trinajstić information content (AvgIpc) is 2.44. The molecular formula is C15H14N2O2. The molecule has 0 bridgehead atoms. The van der Waals surface area contributed by atoms with Crippen molar-refractivity contribution in [3.63, 3.8) is 0 Å². The number of hydrogen-bond acceptors (Lipinski definition) is 3. The molecule has 0 fully saturated rings. The van der Waals surface area contributed by atoms with Crippen LogP contribution in [0.1, 0.15) is 5.69 Å². The summed E-state index contributed by atoms with van der Waals surface area (Å²) in [5.41, 5.74) is 2.44. The molecule has 0 saturated carbocycles. The summed E-state index contributed by atoms with van der Waals surface area (Å²) in [5, 5.41) is 1.60. The van der Waals surface area contributed by atoms with Gasteiger partial charge in [-0.15, -0.1) is 0 Å². The Balaban J connectivity index is 2.59. The first kappa shape index (κ1) is 11.7. The number of fused-ring (bicyclic) bond motifs is 3. The van der Waals surface area contributed by atoms with Crippen molar-refractivity contribution in [1.29, 1.82) is 0 Å². The van der Waals surface area contributed by atoms with Crippen LogP contribution in [-0.2, 0) is 7.05 Å². The highest BCUT2D eigenvalue weighted by Gasteiger charge is 2.10. The van der Waals surface area contributed by atoms with Crippen molar-refractivity contribution in [2.24, 2.45) is 7.05 Å². The standard InChI is InChI=1S/C15H14N2O2/c1-9-4-6-12-14(16-9)11-7-5-10(19-3)8-13(11)17(2)15(12)18/h4-8H,1-3H3. The summed E-state index contributed by atoms with van der Waals surface area (Å²) in [6.45, 7) is 1.92. The van der Waals surface area contributed by atoms with Crippen LogP contribution in [0.15, 0.2) is 35.1 Å². The third-order valence-electron chi connectivity index (χ3n) is 3.39. The van der Waals surface area contributed by atoms with Gasteiger partial charge in [0.15, 0.2) is 0 Å². The number of pyridine rings is 2. The Bertz CT molecular complexity index is 850. The second kappa shape index (κ2) is 4.09. The zero-order valence-corrected chi connectivity index (χ0v) is 11.1. The predicted molar refractivity (Wildman–Crippen MR) is 75.8 cm³/mol. The molecule has 4 nitrogen and oxygen atoms in total. The van der Waals surface area contributed by atoms with Crippen molar-refractivity contribution in [2.75, 3.05) is 7.11 Å². The van der Waals surface area contributed by atoms with Crippen LogP contribution in [0.5, 0.6) is 5.75 Å². The molecule has 0 aliphatic rings. The number of hydrogen-bond donors (Lipinski definition) is 0. The fraction of sp³-hybridized carbons (Fsp3) is 0.200. The summed E-state index contributed by atoms with van der Waals surface area (Å²) < 4.78 is 6.85. The summed E-state index contributed by atoms with van der Waals surface area (Å²) >= 11 is 0. The Kier molecular flexibility index (Phi) is 2.52. The lowest BCUT2D eigenvalue weighted by Gasteiger charge is -2.10. The maximum absolute atomic E-state index is 12.3. The summed E-state index contributed by atoms with van der Waals surface area (Å²) in [4.78, 5) is 16.8. The van der Waals surface area contributed by atoms with E-state index < -0.39 is 0 Å². The van der Waals surface area contributed by atoms with Gasteiger partial charge < -0.3 is 9.30 Å². The van der Waals surface area contributed by atoms with Gasteiger partial charge in [-0.1, -0.05) is 0 Å². The Morgan fingerprint density at radius 2 is 1.89 bits per heavy atom. The van der Waals surface area contributed by atoms with Gasteiger partial charge in [-0.2, -0.15) is 0 Å². The fourth-order valence-corrected chi connectivity index (χ4v) is 2.34. The van der Waals surface area contributed by atoms with Gasteiger partial charge in [0.05, 0.1) is 23.5 Å². The van der Waals surface area contributed by atoms with Crippen LogP contribution in [0, 0.1) is 6.92 Å². The summed E-state index contributed by atoms with van der Waals surface area (Å²) in [5.74, 6) is 0.731. The molecule has 0 radical (unpaired) electrons. The molecule has 0 aliphatic carbocycles. The first-order valence-corrected chi connectivity index (χ1v) is 6.06. The number of nitrogens with zero attached hydrogens (tertiary/aromatic N) is 2. The van der Waals surface area contributed by atoms with Crippen molar-refractivity contribution >= 4 is 21.8 Å². The van der Waals surface area contributed by atoms with E-state index in [2.05, 4.69) is 4.98 Å². The van der Waals surface area contributed by atoms with Crippen LogP contribution >= 0.6 is 0 Å². The second-order valence-electron chi connectivity index (χ2n) is 4.60. The van der Waals surface area contributed by atoms with Crippen LogP contribution in [-0.4, -0.2) is 16.7 Å². The predicted octanol–water partition coefficient (Wildman–Crippen LogP) is 2.40. The first-order valence-electron chi connectivity index (χ1n) is 6.06. The molecule has 96 valence electrons. The molecule has 0 unspecified atom stereocenters. The highest BCUT2D eigenvalue weighted by molar-refractivity contribution is 6.03. The van der Waals surface area contributed by atoms with Crippen LogP contribution < -0.4 is 10.3 Å². The molecule has 3 rings (SSSR count). The van der Waals surface area contributed by atoms with E-state index in [-0.39, 0.29) is 5.56 Å². The minimum absolute atomic E-state index is 0.0387. The van der Waals surface area contributed by atoms with Gasteiger partial charge in [0.1, 0.15) is 5.75 Å². The molecule has 3 aromatic rings. The quantitative estimate of drug-likeness (QED) is 0.626. The molecule has 0 N–H and O–H groups in total. The molecule has 2 heterocycles. The number of aryl methyl sites for hydroxylation is 2. The van der Waals surface area contributed by atoms with Gasteiger partial charge in [-0.25, -0.2) is 0 Å². The largest absolute Gasteiger partial charge is 0.497 e. The van der Waals surface area contributed by atoms with E-state index in [1.54, 1.807) is 18.7 Å². The van der Waals surface area contributed by atoms with E-state index in [9.17, 15) is 4.79 Å². The van der Waals surface area contributed by atoms with Crippen molar-refractivity contribution in [3.8, 4) is 5.75 Å². The molecule has 0 saturated heterocycles. The number of aromatic nitrogens is 2. The van der Waals surface area contributed by atoms with Gasteiger partial charge in [-0.3, -0.25) is 9.78 Å². The summed E-state index contributed by atoms with van der Waals surface area (Å²) in [6.07, 6.45) is 0. The molecule has 19 heavy (non-hydrogen) atoms. The van der Waals surface area contributed by atoms with E-state index >= 15 is 0 Å². The first-order chi connectivity index (χ1) is 9.11. The van der Waals surface area contributed by atoms with Crippen LogP contribution in [0.4, 0.5) is 0 Å². The lowest BCUT2D eigenvalue weighted by molar-refractivity contribution is 0.415. The maximum atomic E-state index is 12.3. The minimum atomic E-state index is -0.0387. The Morgan fingerprint density at radius 3 is 2.63 bits per heavy atom. The van der Waals surface area contributed by atoms with Crippen molar-refractivity contribution in [1.82, 2.24) is 9.55 Å². The zero-order valence-electron chi connectivity index (χ0n) is 11.1. The number of benzene rings is 1.